The number of hydrogen-bond donors (Lipinski definition) is 3. The Morgan fingerprint density at radius 3 is 2.41 bits per heavy atom. The molecule has 0 aliphatic heterocycles. The first-order valence-corrected chi connectivity index (χ1v) is 11.3. The zero-order valence-electron chi connectivity index (χ0n) is 16.9. The number of sulfonamides is 1. The SMILES string of the molecule is N#CCCNS(=O)(=O)c1ccc(C(=O)Nc2ccc(-c3nc4ccccc4[nH]3)cc2)cc1. The first-order chi connectivity index (χ1) is 15.5. The number of amides is 1. The molecule has 1 aromatic heterocycles. The molecule has 0 atom stereocenters. The lowest BCUT2D eigenvalue weighted by Gasteiger charge is -2.08. The van der Waals surface area contributed by atoms with Crippen LogP contribution in [0.1, 0.15) is 16.8 Å². The van der Waals surface area contributed by atoms with E-state index < -0.39 is 10.0 Å². The average Bonchev–Trinajstić information content (AvgIpc) is 3.24. The molecule has 4 aromatic rings. The molecule has 32 heavy (non-hydrogen) atoms. The smallest absolute Gasteiger partial charge is 0.255 e. The van der Waals surface area contributed by atoms with E-state index in [-0.39, 0.29) is 23.8 Å². The number of imidazole rings is 1. The number of H-pyrrole nitrogens is 1. The molecule has 0 saturated heterocycles. The standard InChI is InChI=1S/C23H19N5O3S/c24-14-3-15-25-32(30,31)19-12-8-17(9-13-19)23(29)26-18-10-6-16(7-11-18)22-27-20-4-1-2-5-21(20)28-22/h1-2,4-13,25H,3,15H2,(H,26,29)(H,27,28). The van der Waals surface area contributed by atoms with Gasteiger partial charge in [-0.3, -0.25) is 4.79 Å². The topological polar surface area (TPSA) is 128 Å². The van der Waals surface area contributed by atoms with E-state index in [1.165, 1.54) is 24.3 Å². The number of fused-ring (bicyclic) bond motifs is 1. The minimum Gasteiger partial charge on any atom is -0.338 e. The van der Waals surface area contributed by atoms with Gasteiger partial charge in [0.2, 0.25) is 10.0 Å². The number of carbonyl (C=O) groups is 1. The number of nitrogens with one attached hydrogen (secondary N) is 3. The summed E-state index contributed by atoms with van der Waals surface area (Å²) in [4.78, 5) is 20.4. The molecule has 3 N–H and O–H groups in total. The van der Waals surface area contributed by atoms with Crippen LogP contribution in [0.3, 0.4) is 0 Å². The van der Waals surface area contributed by atoms with Gasteiger partial charge in [0.15, 0.2) is 0 Å². The monoisotopic (exact) mass is 445 g/mol. The third kappa shape index (κ3) is 4.67. The summed E-state index contributed by atoms with van der Waals surface area (Å²) < 4.78 is 26.6. The van der Waals surface area contributed by atoms with Gasteiger partial charge in [0, 0.05) is 29.8 Å². The van der Waals surface area contributed by atoms with Crippen molar-refractivity contribution in [3.8, 4) is 17.5 Å². The highest BCUT2D eigenvalue weighted by atomic mass is 32.2. The van der Waals surface area contributed by atoms with E-state index in [0.29, 0.717) is 11.3 Å². The third-order valence-electron chi connectivity index (χ3n) is 4.76. The Morgan fingerprint density at radius 1 is 1.00 bits per heavy atom. The molecule has 0 unspecified atom stereocenters. The average molecular weight is 446 g/mol. The quantitative estimate of drug-likeness (QED) is 0.374. The van der Waals surface area contributed by atoms with Crippen LogP contribution >= 0.6 is 0 Å². The second kappa shape index (κ2) is 9.01. The Balaban J connectivity index is 1.43. The summed E-state index contributed by atoms with van der Waals surface area (Å²) >= 11 is 0. The van der Waals surface area contributed by atoms with Crippen LogP contribution in [-0.2, 0) is 10.0 Å². The largest absolute Gasteiger partial charge is 0.338 e. The molecular weight excluding hydrogens is 426 g/mol. The fraction of sp³-hybridized carbons (Fsp3) is 0.0870. The van der Waals surface area contributed by atoms with E-state index in [9.17, 15) is 13.2 Å². The summed E-state index contributed by atoms with van der Waals surface area (Å²) in [7, 11) is -3.72. The lowest BCUT2D eigenvalue weighted by molar-refractivity contribution is 0.102. The Hall–Kier alpha value is -4.00. The van der Waals surface area contributed by atoms with Crippen molar-refractivity contribution in [1.29, 1.82) is 5.26 Å². The van der Waals surface area contributed by atoms with Crippen LogP contribution in [0.25, 0.3) is 22.4 Å². The van der Waals surface area contributed by atoms with Gasteiger partial charge >= 0.3 is 0 Å². The van der Waals surface area contributed by atoms with Gasteiger partial charge in [-0.05, 0) is 60.7 Å². The Kier molecular flexibility index (Phi) is 5.98. The van der Waals surface area contributed by atoms with Gasteiger partial charge in [0.05, 0.1) is 22.0 Å². The van der Waals surface area contributed by atoms with Crippen molar-refractivity contribution >= 4 is 32.7 Å². The van der Waals surface area contributed by atoms with Gasteiger partial charge < -0.3 is 10.3 Å². The van der Waals surface area contributed by atoms with Crippen LogP contribution in [0.15, 0.2) is 77.7 Å². The number of hydrogen-bond acceptors (Lipinski definition) is 5. The molecule has 160 valence electrons. The number of nitriles is 1. The number of rotatable bonds is 7. The van der Waals surface area contributed by atoms with Crippen molar-refractivity contribution in [2.24, 2.45) is 0 Å². The predicted octanol–water partition coefficient (Wildman–Crippen LogP) is 3.67. The zero-order valence-corrected chi connectivity index (χ0v) is 17.7. The van der Waals surface area contributed by atoms with Crippen LogP contribution in [0.5, 0.6) is 0 Å². The van der Waals surface area contributed by atoms with Crippen LogP contribution in [0, 0.1) is 11.3 Å². The van der Waals surface area contributed by atoms with E-state index in [0.717, 1.165) is 22.4 Å². The van der Waals surface area contributed by atoms with Crippen molar-refractivity contribution in [2.45, 2.75) is 11.3 Å². The molecule has 0 saturated carbocycles. The highest BCUT2D eigenvalue weighted by molar-refractivity contribution is 7.89. The van der Waals surface area contributed by atoms with Gasteiger partial charge in [0.25, 0.3) is 5.91 Å². The Labute approximate surface area is 185 Å². The van der Waals surface area contributed by atoms with Crippen LogP contribution in [0.4, 0.5) is 5.69 Å². The number of nitrogens with zero attached hydrogens (tertiary/aromatic N) is 2. The fourth-order valence-electron chi connectivity index (χ4n) is 3.11. The van der Waals surface area contributed by atoms with Crippen LogP contribution in [0.2, 0.25) is 0 Å². The molecule has 0 bridgehead atoms. The molecule has 3 aromatic carbocycles. The summed E-state index contributed by atoms with van der Waals surface area (Å²) in [5, 5.41) is 11.3. The Bertz CT molecular complexity index is 1370. The van der Waals surface area contributed by atoms with Crippen molar-refractivity contribution in [1.82, 2.24) is 14.7 Å². The van der Waals surface area contributed by atoms with Gasteiger partial charge in [-0.15, -0.1) is 0 Å². The van der Waals surface area contributed by atoms with Crippen LogP contribution in [-0.4, -0.2) is 30.8 Å². The molecule has 0 spiro atoms. The second-order valence-corrected chi connectivity index (χ2v) is 8.73. The molecular formula is C23H19N5O3S. The summed E-state index contributed by atoms with van der Waals surface area (Å²) in [6, 6.07) is 22.5. The second-order valence-electron chi connectivity index (χ2n) is 6.96. The van der Waals surface area contributed by atoms with Crippen molar-refractivity contribution in [3.05, 3.63) is 78.4 Å². The molecule has 9 heteroatoms. The lowest BCUT2D eigenvalue weighted by Crippen LogP contribution is -2.24. The molecule has 0 aliphatic carbocycles. The third-order valence-corrected chi connectivity index (χ3v) is 6.24. The van der Waals surface area contributed by atoms with E-state index >= 15 is 0 Å². The molecule has 0 fully saturated rings. The van der Waals surface area contributed by atoms with E-state index in [2.05, 4.69) is 20.0 Å². The first kappa shape index (κ1) is 21.2. The maximum absolute atomic E-state index is 12.5. The zero-order chi connectivity index (χ0) is 22.6. The van der Waals surface area contributed by atoms with Crippen LogP contribution < -0.4 is 10.0 Å². The van der Waals surface area contributed by atoms with Crippen molar-refractivity contribution in [2.75, 3.05) is 11.9 Å². The normalized spacial score (nSPS) is 11.2. The minimum atomic E-state index is -3.72. The first-order valence-electron chi connectivity index (χ1n) is 9.79. The van der Waals surface area contributed by atoms with Crippen molar-refractivity contribution < 1.29 is 13.2 Å². The fourth-order valence-corrected chi connectivity index (χ4v) is 4.15. The van der Waals surface area contributed by atoms with Gasteiger partial charge in [0.1, 0.15) is 5.82 Å². The molecule has 0 aliphatic rings. The molecule has 1 heterocycles. The highest BCUT2D eigenvalue weighted by Gasteiger charge is 2.14. The number of benzene rings is 3. The molecule has 0 radical (unpaired) electrons. The number of carbonyl (C=O) groups excluding carboxylic acids is 1. The molecule has 1 amide bonds. The van der Waals surface area contributed by atoms with E-state index in [1.54, 1.807) is 12.1 Å². The lowest BCUT2D eigenvalue weighted by atomic mass is 10.1. The highest BCUT2D eigenvalue weighted by Crippen LogP contribution is 2.22. The maximum Gasteiger partial charge on any atom is 0.255 e. The van der Waals surface area contributed by atoms with Gasteiger partial charge in [-0.1, -0.05) is 12.1 Å². The predicted molar refractivity (Wildman–Crippen MR) is 121 cm³/mol. The number of anilines is 1. The minimum absolute atomic E-state index is 0.0298. The summed E-state index contributed by atoms with van der Waals surface area (Å²) in [5.74, 6) is 0.382. The van der Waals surface area contributed by atoms with E-state index in [4.69, 9.17) is 5.26 Å². The molecule has 8 nitrogen and oxygen atoms in total. The van der Waals surface area contributed by atoms with Gasteiger partial charge in [-0.2, -0.15) is 5.26 Å². The van der Waals surface area contributed by atoms with E-state index in [1.807, 2.05) is 42.5 Å². The number of aromatic amines is 1. The number of aromatic nitrogens is 2. The molecule has 4 rings (SSSR count). The summed E-state index contributed by atoms with van der Waals surface area (Å²) in [6.45, 7) is 0.0328. The summed E-state index contributed by atoms with van der Waals surface area (Å²) in [6.07, 6.45) is 0.0782. The van der Waals surface area contributed by atoms with Gasteiger partial charge in [-0.25, -0.2) is 18.1 Å². The number of para-hydroxylation sites is 2. The Morgan fingerprint density at radius 2 is 1.72 bits per heavy atom. The van der Waals surface area contributed by atoms with Crippen molar-refractivity contribution in [3.63, 3.8) is 0 Å². The maximum atomic E-state index is 12.5. The summed E-state index contributed by atoms with van der Waals surface area (Å²) in [5.41, 5.74) is 3.64.